The highest BCUT2D eigenvalue weighted by Gasteiger charge is 1.92. The molecule has 54 valence electrons. The highest BCUT2D eigenvalue weighted by Crippen LogP contribution is 2.01. The molecule has 4 heteroatoms. The van der Waals surface area contributed by atoms with Gasteiger partial charge in [-0.1, -0.05) is 29.5 Å². The molecule has 3 nitrogen and oxygen atoms in total. The van der Waals surface area contributed by atoms with Crippen molar-refractivity contribution < 1.29 is 10.2 Å². The number of nitrogens with zero attached hydrogens (tertiary/aromatic N) is 1. The Balaban J connectivity index is 0. The van der Waals surface area contributed by atoms with Gasteiger partial charge in [0.15, 0.2) is 0 Å². The molecular weight excluding hydrogens is 233 g/mol. The van der Waals surface area contributed by atoms with Gasteiger partial charge in [-0.2, -0.15) is 5.26 Å². The number of halogens is 1. The molecule has 0 aliphatic carbocycles. The number of hydrogen-bond acceptors (Lipinski definition) is 3. The summed E-state index contributed by atoms with van der Waals surface area (Å²) in [6.07, 6.45) is 1.82. The van der Waals surface area contributed by atoms with Gasteiger partial charge >= 0.3 is 0 Å². The molecule has 1 unspecified atom stereocenters. The molecule has 0 saturated carbocycles. The van der Waals surface area contributed by atoms with Crippen LogP contribution in [-0.2, 0) is 0 Å². The van der Waals surface area contributed by atoms with E-state index < -0.39 is 0 Å². The first-order chi connectivity index (χ1) is 4.22. The van der Waals surface area contributed by atoms with Crippen LogP contribution in [0.1, 0.15) is 13.3 Å². The van der Waals surface area contributed by atoms with Crippen LogP contribution in [-0.4, -0.2) is 20.7 Å². The second-order valence-corrected chi connectivity index (χ2v) is 3.05. The maximum absolute atomic E-state index is 8.33. The zero-order chi connectivity index (χ0) is 7.70. The smallest absolute Gasteiger partial charge is 0.283 e. The lowest BCUT2D eigenvalue weighted by molar-refractivity contribution is 0.297. The zero-order valence-corrected chi connectivity index (χ0v) is 7.37. The molecule has 0 spiro atoms. The van der Waals surface area contributed by atoms with E-state index in [-0.39, 0.29) is 0 Å². The predicted molar refractivity (Wildman–Crippen MR) is 42.7 cm³/mol. The summed E-state index contributed by atoms with van der Waals surface area (Å²) in [6.45, 7) is 2.38. The largest absolute Gasteiger partial charge is 0.443 e. The van der Waals surface area contributed by atoms with Crippen LogP contribution < -0.4 is 0 Å². The first-order valence-corrected chi connectivity index (χ1v) is 3.75. The van der Waals surface area contributed by atoms with E-state index in [9.17, 15) is 0 Å². The van der Waals surface area contributed by atoms with Crippen molar-refractivity contribution in [1.29, 1.82) is 5.26 Å². The van der Waals surface area contributed by atoms with E-state index >= 15 is 0 Å². The SMILES string of the molecule is CCC(I)CO.N#CO. The number of alkyl halides is 1. The van der Waals surface area contributed by atoms with Gasteiger partial charge in [0.25, 0.3) is 6.26 Å². The van der Waals surface area contributed by atoms with Crippen molar-refractivity contribution in [2.75, 3.05) is 6.61 Å². The standard InChI is InChI=1S/C4H9IO.CHNO/c1-2-4(5)3-6;2-1-3/h4,6H,2-3H2,1H3;3H. The zero-order valence-electron chi connectivity index (χ0n) is 5.21. The van der Waals surface area contributed by atoms with Crippen LogP contribution in [0.4, 0.5) is 0 Å². The molecule has 0 radical (unpaired) electrons. The molecule has 0 saturated heterocycles. The van der Waals surface area contributed by atoms with Crippen molar-refractivity contribution in [3.05, 3.63) is 0 Å². The maximum atomic E-state index is 8.33. The number of aliphatic hydroxyl groups excluding tert-OH is 2. The van der Waals surface area contributed by atoms with Crippen molar-refractivity contribution in [2.45, 2.75) is 17.3 Å². The van der Waals surface area contributed by atoms with Gasteiger partial charge in [-0.15, -0.1) is 0 Å². The van der Waals surface area contributed by atoms with Crippen molar-refractivity contribution >= 4 is 22.6 Å². The van der Waals surface area contributed by atoms with E-state index in [1.54, 1.807) is 0 Å². The second kappa shape index (κ2) is 10.9. The number of nitriles is 1. The lowest BCUT2D eigenvalue weighted by atomic mass is 10.4. The predicted octanol–water partition coefficient (Wildman–Crippen LogP) is 1.03. The summed E-state index contributed by atoms with van der Waals surface area (Å²) in [4.78, 5) is 0. The van der Waals surface area contributed by atoms with Crippen LogP contribution in [0.2, 0.25) is 0 Å². The molecule has 9 heavy (non-hydrogen) atoms. The van der Waals surface area contributed by atoms with Crippen molar-refractivity contribution in [1.82, 2.24) is 0 Å². The number of hydrogen-bond donors (Lipinski definition) is 2. The van der Waals surface area contributed by atoms with Gasteiger partial charge in [0.1, 0.15) is 0 Å². The molecular formula is C5H10INO2. The summed E-state index contributed by atoms with van der Waals surface area (Å²) in [5.41, 5.74) is 0. The van der Waals surface area contributed by atoms with Gasteiger partial charge in [0, 0.05) is 3.92 Å². The Kier molecular flexibility index (Phi) is 14.2. The van der Waals surface area contributed by atoms with Crippen molar-refractivity contribution in [2.24, 2.45) is 0 Å². The maximum Gasteiger partial charge on any atom is 0.283 e. The van der Waals surface area contributed by atoms with Gasteiger partial charge in [0.05, 0.1) is 6.61 Å². The van der Waals surface area contributed by atoms with Crippen molar-refractivity contribution in [3.63, 3.8) is 0 Å². The molecule has 0 aliphatic heterocycles. The van der Waals surface area contributed by atoms with E-state index in [4.69, 9.17) is 15.5 Å². The lowest BCUT2D eigenvalue weighted by Crippen LogP contribution is -1.99. The summed E-state index contributed by atoms with van der Waals surface area (Å²) in [5, 5.41) is 22.1. The van der Waals surface area contributed by atoms with Gasteiger partial charge in [0.2, 0.25) is 0 Å². The average Bonchev–Trinajstić information content (AvgIpc) is 1.88. The third-order valence-corrected chi connectivity index (χ3v) is 1.92. The molecule has 0 bridgehead atoms. The minimum atomic E-state index is 0.317. The minimum Gasteiger partial charge on any atom is -0.443 e. The molecule has 1 atom stereocenters. The topological polar surface area (TPSA) is 64.2 Å². The van der Waals surface area contributed by atoms with E-state index in [0.717, 1.165) is 12.7 Å². The van der Waals surface area contributed by atoms with E-state index in [1.807, 2.05) is 0 Å². The van der Waals surface area contributed by atoms with Gasteiger partial charge < -0.3 is 10.2 Å². The first kappa shape index (κ1) is 11.7. The number of rotatable bonds is 2. The Hall–Kier alpha value is -0.0200. The Morgan fingerprint density at radius 1 is 1.78 bits per heavy atom. The molecule has 2 N–H and O–H groups in total. The highest BCUT2D eigenvalue weighted by molar-refractivity contribution is 14.1. The van der Waals surface area contributed by atoms with Gasteiger partial charge in [-0.3, -0.25) is 0 Å². The third-order valence-electron chi connectivity index (χ3n) is 0.641. The molecule has 0 aliphatic rings. The second-order valence-electron chi connectivity index (χ2n) is 1.29. The van der Waals surface area contributed by atoms with E-state index in [2.05, 4.69) is 29.5 Å². The number of aliphatic hydroxyl groups is 2. The molecule has 0 aromatic heterocycles. The normalized spacial score (nSPS) is 10.4. The van der Waals surface area contributed by atoms with Crippen LogP contribution >= 0.6 is 22.6 Å². The Labute approximate surface area is 68.4 Å². The first-order valence-electron chi connectivity index (χ1n) is 2.51. The lowest BCUT2D eigenvalue weighted by Gasteiger charge is -1.95. The minimum absolute atomic E-state index is 0.317. The van der Waals surface area contributed by atoms with Crippen LogP contribution in [0.15, 0.2) is 0 Å². The fourth-order valence-electron chi connectivity index (χ4n) is 0.129. The third kappa shape index (κ3) is 18.0. The monoisotopic (exact) mass is 243 g/mol. The van der Waals surface area contributed by atoms with E-state index in [0.29, 0.717) is 10.5 Å². The van der Waals surface area contributed by atoms with Crippen LogP contribution in [0, 0.1) is 11.5 Å². The van der Waals surface area contributed by atoms with Crippen molar-refractivity contribution in [3.8, 4) is 6.26 Å². The fraction of sp³-hybridized carbons (Fsp3) is 0.800. The average molecular weight is 243 g/mol. The molecule has 0 aromatic carbocycles. The van der Waals surface area contributed by atoms with Gasteiger partial charge in [-0.25, -0.2) is 0 Å². The summed E-state index contributed by atoms with van der Waals surface area (Å²) >= 11 is 2.22. The summed E-state index contributed by atoms with van der Waals surface area (Å²) < 4.78 is 0.461. The quantitative estimate of drug-likeness (QED) is 0.432. The fourth-order valence-corrected chi connectivity index (χ4v) is 0.129. The van der Waals surface area contributed by atoms with Crippen LogP contribution in [0.3, 0.4) is 0 Å². The summed E-state index contributed by atoms with van der Waals surface area (Å²) in [7, 11) is 0. The van der Waals surface area contributed by atoms with E-state index in [1.165, 1.54) is 0 Å². The Bertz CT molecular complexity index is 77.5. The van der Waals surface area contributed by atoms with Crippen LogP contribution in [0.5, 0.6) is 0 Å². The summed E-state index contributed by atoms with van der Waals surface area (Å²) in [5.74, 6) is 0. The van der Waals surface area contributed by atoms with Crippen LogP contribution in [0.25, 0.3) is 0 Å². The molecule has 0 aromatic rings. The highest BCUT2D eigenvalue weighted by atomic mass is 127. The Morgan fingerprint density at radius 2 is 2.11 bits per heavy atom. The van der Waals surface area contributed by atoms with Gasteiger partial charge in [-0.05, 0) is 6.42 Å². The Morgan fingerprint density at radius 3 is 2.11 bits per heavy atom. The molecule has 0 fully saturated rings. The molecule has 0 rings (SSSR count). The molecule has 0 amide bonds. The molecule has 0 heterocycles. The summed E-state index contributed by atoms with van der Waals surface area (Å²) in [6, 6.07) is 0.